The van der Waals surface area contributed by atoms with E-state index in [-0.39, 0.29) is 17.2 Å². The van der Waals surface area contributed by atoms with Crippen molar-refractivity contribution in [2.75, 3.05) is 6.61 Å². The van der Waals surface area contributed by atoms with E-state index in [9.17, 15) is 8.42 Å². The number of rotatable bonds is 2. The molecule has 0 aromatic heterocycles. The van der Waals surface area contributed by atoms with Gasteiger partial charge in [-0.15, -0.1) is 0 Å². The lowest BCUT2D eigenvalue weighted by Gasteiger charge is -2.16. The molecule has 0 spiro atoms. The molecule has 14 heavy (non-hydrogen) atoms. The first-order valence-electron chi connectivity index (χ1n) is 4.07. The molecule has 1 aliphatic rings. The topological polar surface area (TPSA) is 106 Å². The Balaban J connectivity index is 3.23. The summed E-state index contributed by atoms with van der Waals surface area (Å²) in [6, 6.07) is -0.684. The molecule has 0 bridgehead atoms. The van der Waals surface area contributed by atoms with Crippen LogP contribution in [0.25, 0.3) is 0 Å². The van der Waals surface area contributed by atoms with E-state index in [1.165, 1.54) is 0 Å². The van der Waals surface area contributed by atoms with Crippen molar-refractivity contribution < 1.29 is 13.5 Å². The molecule has 0 heterocycles. The van der Waals surface area contributed by atoms with E-state index in [1.807, 2.05) is 0 Å². The van der Waals surface area contributed by atoms with Gasteiger partial charge in [-0.3, -0.25) is 0 Å². The highest BCUT2D eigenvalue weighted by atomic mass is 32.2. The Hall–Kier alpha value is -1.11. The lowest BCUT2D eigenvalue weighted by molar-refractivity contribution is 0.300. The third-order valence-corrected chi connectivity index (χ3v) is 2.83. The predicted molar refractivity (Wildman–Crippen MR) is 54.0 cm³/mol. The molecule has 0 aromatic rings. The van der Waals surface area contributed by atoms with Gasteiger partial charge in [-0.1, -0.05) is 12.2 Å². The van der Waals surface area contributed by atoms with Crippen LogP contribution in [0.3, 0.4) is 0 Å². The molecule has 0 aliphatic heterocycles. The molecule has 5 N–H and O–H groups in total. The number of aliphatic hydroxyl groups excluding tert-OH is 1. The largest absolute Gasteiger partial charge is 0.397 e. The van der Waals surface area contributed by atoms with Gasteiger partial charge < -0.3 is 16.6 Å². The third kappa shape index (κ3) is 2.03. The number of hydrogen-bond donors (Lipinski definition) is 3. The molecule has 0 amide bonds. The fraction of sp³-hybridized carbons (Fsp3) is 0.375. The fourth-order valence-electron chi connectivity index (χ4n) is 1.27. The van der Waals surface area contributed by atoms with Crippen molar-refractivity contribution in [3.8, 4) is 0 Å². The molecule has 0 saturated carbocycles. The first-order chi connectivity index (χ1) is 6.57. The summed E-state index contributed by atoms with van der Waals surface area (Å²) >= 11 is 0. The summed E-state index contributed by atoms with van der Waals surface area (Å²) in [4.78, 5) is -0.00375. The molecule has 0 fully saturated rings. The molecule has 1 rings (SSSR count). The Bertz CT molecular complexity index is 412. The summed E-state index contributed by atoms with van der Waals surface area (Å²) in [5.41, 5.74) is 11.9. The third-order valence-electron chi connectivity index (χ3n) is 1.98. The van der Waals surface area contributed by atoms with Gasteiger partial charge in [-0.25, -0.2) is 0 Å². The molecule has 5 nitrogen and oxygen atoms in total. The molecule has 1 aliphatic carbocycles. The first-order valence-corrected chi connectivity index (χ1v) is 5.15. The van der Waals surface area contributed by atoms with E-state index in [1.54, 1.807) is 12.2 Å². The molecule has 6 heteroatoms. The lowest BCUT2D eigenvalue weighted by Crippen LogP contribution is -2.36. The highest BCUT2D eigenvalue weighted by Gasteiger charge is 2.19. The summed E-state index contributed by atoms with van der Waals surface area (Å²) < 4.78 is 21.6. The minimum Gasteiger partial charge on any atom is -0.397 e. The average molecular weight is 216 g/mol. The van der Waals surface area contributed by atoms with Gasteiger partial charge in [0.15, 0.2) is 0 Å². The molecule has 1 atom stereocenters. The SMILES string of the molecule is NC1=C(CCO)C=CC(N)C1=S(=O)=O. The Kier molecular flexibility index (Phi) is 3.45. The van der Waals surface area contributed by atoms with Crippen LogP contribution in [0, 0.1) is 0 Å². The second-order valence-corrected chi connectivity index (χ2v) is 3.81. The summed E-state index contributed by atoms with van der Waals surface area (Å²) in [5, 5.41) is 8.71. The van der Waals surface area contributed by atoms with Gasteiger partial charge >= 0.3 is 0 Å². The van der Waals surface area contributed by atoms with E-state index < -0.39 is 16.3 Å². The fourth-order valence-corrected chi connectivity index (χ4v) is 1.89. The number of allylic oxidation sites excluding steroid dienone is 1. The van der Waals surface area contributed by atoms with Crippen LogP contribution in [0.1, 0.15) is 6.42 Å². The maximum Gasteiger partial charge on any atom is 0.221 e. The zero-order valence-corrected chi connectivity index (χ0v) is 8.29. The van der Waals surface area contributed by atoms with Crippen LogP contribution in [0.4, 0.5) is 0 Å². The van der Waals surface area contributed by atoms with Crippen molar-refractivity contribution in [2.24, 2.45) is 11.5 Å². The highest BCUT2D eigenvalue weighted by Crippen LogP contribution is 2.14. The quantitative estimate of drug-likeness (QED) is 0.489. The van der Waals surface area contributed by atoms with Gasteiger partial charge in [0.2, 0.25) is 10.3 Å². The van der Waals surface area contributed by atoms with Crippen LogP contribution in [-0.4, -0.2) is 31.0 Å². The Labute approximate surface area is 83.2 Å². The zero-order chi connectivity index (χ0) is 10.7. The second-order valence-electron chi connectivity index (χ2n) is 2.90. The van der Waals surface area contributed by atoms with Crippen LogP contribution < -0.4 is 11.5 Å². The molecule has 1 unspecified atom stereocenters. The van der Waals surface area contributed by atoms with Crippen molar-refractivity contribution >= 4 is 15.2 Å². The van der Waals surface area contributed by atoms with Crippen LogP contribution in [0.5, 0.6) is 0 Å². The maximum atomic E-state index is 10.8. The molecular formula is C8H12N2O3S. The molecular weight excluding hydrogens is 204 g/mol. The van der Waals surface area contributed by atoms with E-state index in [4.69, 9.17) is 16.6 Å². The molecule has 0 radical (unpaired) electrons. The van der Waals surface area contributed by atoms with Crippen molar-refractivity contribution in [3.05, 3.63) is 23.4 Å². The van der Waals surface area contributed by atoms with Gasteiger partial charge in [0.25, 0.3) is 0 Å². The van der Waals surface area contributed by atoms with Gasteiger partial charge in [0, 0.05) is 6.61 Å². The van der Waals surface area contributed by atoms with Crippen molar-refractivity contribution in [3.63, 3.8) is 0 Å². The molecule has 0 saturated heterocycles. The second kappa shape index (κ2) is 4.41. The van der Waals surface area contributed by atoms with Crippen molar-refractivity contribution in [2.45, 2.75) is 12.5 Å². The van der Waals surface area contributed by atoms with Gasteiger partial charge in [0.05, 0.1) is 11.7 Å². The van der Waals surface area contributed by atoms with Crippen molar-refractivity contribution in [1.82, 2.24) is 0 Å². The Morgan fingerprint density at radius 2 is 2.14 bits per heavy atom. The summed E-state index contributed by atoms with van der Waals surface area (Å²) in [6.45, 7) is -0.0750. The van der Waals surface area contributed by atoms with E-state index in [0.717, 1.165) is 0 Å². The van der Waals surface area contributed by atoms with Crippen LogP contribution in [0.15, 0.2) is 23.4 Å². The first kappa shape index (κ1) is 11.0. The zero-order valence-electron chi connectivity index (χ0n) is 7.47. The van der Waals surface area contributed by atoms with Gasteiger partial charge in [-0.05, 0) is 12.0 Å². The standard InChI is InChI=1S/C8H12N2O3S/c9-6-2-1-5(3-4-11)7(10)8(6)14(12)13/h1-2,6,11H,3-4,9-10H2. The predicted octanol–water partition coefficient (Wildman–Crippen LogP) is -1.47. The van der Waals surface area contributed by atoms with E-state index in [0.29, 0.717) is 12.0 Å². The van der Waals surface area contributed by atoms with Gasteiger partial charge in [0.1, 0.15) is 4.86 Å². The Morgan fingerprint density at radius 1 is 1.50 bits per heavy atom. The number of hydrogen-bond acceptors (Lipinski definition) is 5. The van der Waals surface area contributed by atoms with E-state index >= 15 is 0 Å². The summed E-state index contributed by atoms with van der Waals surface area (Å²) in [6.07, 6.45) is 3.52. The smallest absolute Gasteiger partial charge is 0.221 e. The molecule has 78 valence electrons. The Morgan fingerprint density at radius 3 is 2.64 bits per heavy atom. The summed E-state index contributed by atoms with van der Waals surface area (Å²) in [5.74, 6) is 0. The minimum absolute atomic E-state index is 0.00375. The van der Waals surface area contributed by atoms with Crippen LogP contribution >= 0.6 is 0 Å². The minimum atomic E-state index is -2.41. The normalized spacial score (nSPS) is 21.6. The van der Waals surface area contributed by atoms with Crippen LogP contribution in [0.2, 0.25) is 0 Å². The summed E-state index contributed by atoms with van der Waals surface area (Å²) in [7, 11) is -2.41. The highest BCUT2D eigenvalue weighted by molar-refractivity contribution is 7.73. The lowest BCUT2D eigenvalue weighted by atomic mass is 9.98. The van der Waals surface area contributed by atoms with Gasteiger partial charge in [-0.2, -0.15) is 8.42 Å². The maximum absolute atomic E-state index is 10.8. The van der Waals surface area contributed by atoms with Crippen molar-refractivity contribution in [1.29, 1.82) is 0 Å². The average Bonchev–Trinajstić information content (AvgIpc) is 2.10. The number of nitrogens with two attached hydrogens (primary N) is 2. The number of aliphatic hydroxyl groups is 1. The monoisotopic (exact) mass is 216 g/mol. The molecule has 0 aromatic carbocycles. The van der Waals surface area contributed by atoms with E-state index in [2.05, 4.69) is 0 Å². The van der Waals surface area contributed by atoms with Crippen LogP contribution in [-0.2, 0) is 10.3 Å².